The Labute approximate surface area is 167 Å². The molecule has 3 amide bonds. The summed E-state index contributed by atoms with van der Waals surface area (Å²) in [6.45, 7) is 11.7. The molecule has 1 aromatic carbocycles. The first-order valence-electron chi connectivity index (χ1n) is 9.63. The van der Waals surface area contributed by atoms with Gasteiger partial charge in [0.15, 0.2) is 0 Å². The number of hydrogen-bond acceptors (Lipinski definition) is 3. The lowest BCUT2D eigenvalue weighted by atomic mass is 9.70. The fourth-order valence-corrected chi connectivity index (χ4v) is 3.06. The summed E-state index contributed by atoms with van der Waals surface area (Å²) in [7, 11) is 0. The number of hydrogen-bond donors (Lipinski definition) is 4. The Kier molecular flexibility index (Phi) is 8.47. The van der Waals surface area contributed by atoms with Crippen LogP contribution in [-0.2, 0) is 9.59 Å². The van der Waals surface area contributed by atoms with Crippen LogP contribution in [0.1, 0.15) is 53.1 Å². The molecular formula is C21H33N3O4. The zero-order valence-electron chi connectivity index (χ0n) is 17.6. The molecule has 4 N–H and O–H groups in total. The number of amides is 3. The van der Waals surface area contributed by atoms with Crippen molar-refractivity contribution in [3.8, 4) is 0 Å². The number of nitrogens with one attached hydrogen (secondary N) is 3. The Morgan fingerprint density at radius 2 is 1.50 bits per heavy atom. The molecule has 0 unspecified atom stereocenters. The van der Waals surface area contributed by atoms with Crippen LogP contribution in [0.5, 0.6) is 0 Å². The number of carbonyl (C=O) groups excluding carboxylic acids is 2. The van der Waals surface area contributed by atoms with E-state index in [2.05, 4.69) is 16.0 Å². The summed E-state index contributed by atoms with van der Waals surface area (Å²) in [6.07, 6.45) is -1.27. The molecule has 28 heavy (non-hydrogen) atoms. The molecule has 0 bridgehead atoms. The quantitative estimate of drug-likeness (QED) is 0.519. The second-order valence-electron chi connectivity index (χ2n) is 7.95. The normalized spacial score (nSPS) is 13.7. The minimum absolute atomic E-state index is 0.0654. The third-order valence-electron chi connectivity index (χ3n) is 5.61. The number of carboxylic acid groups (broad SMARTS) is 1. The molecule has 0 aromatic heterocycles. The topological polar surface area (TPSA) is 108 Å². The summed E-state index contributed by atoms with van der Waals surface area (Å²) in [4.78, 5) is 36.1. The SMILES string of the molecule is CC(C)C(C)(C(=O)NC[C@@H](NC(=O)[C@@H](C)NC(=O)O)c1ccccc1)C(C)C. The van der Waals surface area contributed by atoms with Gasteiger partial charge in [0.2, 0.25) is 11.8 Å². The van der Waals surface area contributed by atoms with Gasteiger partial charge < -0.3 is 21.1 Å². The minimum Gasteiger partial charge on any atom is -0.465 e. The van der Waals surface area contributed by atoms with Crippen LogP contribution in [0.3, 0.4) is 0 Å². The van der Waals surface area contributed by atoms with Gasteiger partial charge in [-0.05, 0) is 24.3 Å². The lowest BCUT2D eigenvalue weighted by Gasteiger charge is -2.36. The van der Waals surface area contributed by atoms with Crippen LogP contribution in [0, 0.1) is 17.3 Å². The molecule has 0 aliphatic rings. The van der Waals surface area contributed by atoms with Gasteiger partial charge in [-0.15, -0.1) is 0 Å². The number of rotatable bonds is 9. The van der Waals surface area contributed by atoms with E-state index in [0.717, 1.165) is 5.56 Å². The van der Waals surface area contributed by atoms with E-state index in [-0.39, 0.29) is 24.3 Å². The summed E-state index contributed by atoms with van der Waals surface area (Å²) in [5.74, 6) is -0.223. The van der Waals surface area contributed by atoms with Gasteiger partial charge >= 0.3 is 6.09 Å². The van der Waals surface area contributed by atoms with Gasteiger partial charge in [0.1, 0.15) is 6.04 Å². The molecule has 1 aromatic rings. The highest BCUT2D eigenvalue weighted by molar-refractivity contribution is 5.85. The zero-order chi connectivity index (χ0) is 21.5. The first-order valence-corrected chi connectivity index (χ1v) is 9.63. The molecule has 0 aliphatic heterocycles. The fourth-order valence-electron chi connectivity index (χ4n) is 3.06. The number of carbonyl (C=O) groups is 3. The second kappa shape index (κ2) is 10.1. The van der Waals surface area contributed by atoms with E-state index in [1.807, 2.05) is 65.0 Å². The highest BCUT2D eigenvalue weighted by atomic mass is 16.4. The average molecular weight is 392 g/mol. The summed E-state index contributed by atoms with van der Waals surface area (Å²) in [5.41, 5.74) is 0.290. The van der Waals surface area contributed by atoms with Crippen molar-refractivity contribution in [2.24, 2.45) is 17.3 Å². The van der Waals surface area contributed by atoms with Crippen LogP contribution in [0.4, 0.5) is 4.79 Å². The maximum absolute atomic E-state index is 12.9. The predicted octanol–water partition coefficient (Wildman–Crippen LogP) is 2.93. The Balaban J connectivity index is 2.94. The van der Waals surface area contributed by atoms with Crippen LogP contribution in [0.25, 0.3) is 0 Å². The third-order valence-corrected chi connectivity index (χ3v) is 5.61. The fraction of sp³-hybridized carbons (Fsp3) is 0.571. The summed E-state index contributed by atoms with van der Waals surface area (Å²) < 4.78 is 0. The van der Waals surface area contributed by atoms with Gasteiger partial charge in [0, 0.05) is 6.54 Å². The van der Waals surface area contributed by atoms with E-state index < -0.39 is 29.5 Å². The summed E-state index contributed by atoms with van der Waals surface area (Å²) in [6, 6.07) is 7.90. The van der Waals surface area contributed by atoms with Crippen molar-refractivity contribution in [3.05, 3.63) is 35.9 Å². The third kappa shape index (κ3) is 5.97. The van der Waals surface area contributed by atoms with Crippen LogP contribution in [0.2, 0.25) is 0 Å². The van der Waals surface area contributed by atoms with Crippen LogP contribution in [-0.4, -0.2) is 35.6 Å². The van der Waals surface area contributed by atoms with Gasteiger partial charge in [-0.2, -0.15) is 0 Å². The maximum Gasteiger partial charge on any atom is 0.405 e. The molecule has 0 fully saturated rings. The van der Waals surface area contributed by atoms with Crippen molar-refractivity contribution in [1.82, 2.24) is 16.0 Å². The molecule has 2 atom stereocenters. The summed E-state index contributed by atoms with van der Waals surface area (Å²) >= 11 is 0. The van der Waals surface area contributed by atoms with Crippen LogP contribution in [0.15, 0.2) is 30.3 Å². The smallest absolute Gasteiger partial charge is 0.405 e. The molecule has 0 radical (unpaired) electrons. The van der Waals surface area contributed by atoms with Crippen molar-refractivity contribution >= 4 is 17.9 Å². The van der Waals surface area contributed by atoms with Crippen molar-refractivity contribution < 1.29 is 19.5 Å². The first kappa shape index (κ1) is 23.5. The number of benzene rings is 1. The molecule has 0 saturated heterocycles. The maximum atomic E-state index is 12.9. The van der Waals surface area contributed by atoms with Crippen LogP contribution < -0.4 is 16.0 Å². The van der Waals surface area contributed by atoms with E-state index in [0.29, 0.717) is 0 Å². The molecular weight excluding hydrogens is 358 g/mol. The molecule has 0 aliphatic carbocycles. The molecule has 0 saturated carbocycles. The van der Waals surface area contributed by atoms with Crippen molar-refractivity contribution in [1.29, 1.82) is 0 Å². The Hall–Kier alpha value is -2.57. The van der Waals surface area contributed by atoms with E-state index in [1.54, 1.807) is 0 Å². The second-order valence-corrected chi connectivity index (χ2v) is 7.95. The summed E-state index contributed by atoms with van der Waals surface area (Å²) in [5, 5.41) is 16.7. The zero-order valence-corrected chi connectivity index (χ0v) is 17.6. The molecule has 156 valence electrons. The van der Waals surface area contributed by atoms with E-state index in [9.17, 15) is 14.4 Å². The monoisotopic (exact) mass is 391 g/mol. The van der Waals surface area contributed by atoms with E-state index >= 15 is 0 Å². The van der Waals surface area contributed by atoms with Crippen molar-refractivity contribution in [2.75, 3.05) is 6.54 Å². The van der Waals surface area contributed by atoms with E-state index in [4.69, 9.17) is 5.11 Å². The average Bonchev–Trinajstić information content (AvgIpc) is 2.63. The van der Waals surface area contributed by atoms with Gasteiger partial charge in [-0.3, -0.25) is 9.59 Å². The molecule has 1 rings (SSSR count). The predicted molar refractivity (Wildman–Crippen MR) is 109 cm³/mol. The highest BCUT2D eigenvalue weighted by Gasteiger charge is 2.39. The molecule has 0 heterocycles. The molecule has 7 nitrogen and oxygen atoms in total. The van der Waals surface area contributed by atoms with Gasteiger partial charge in [0.05, 0.1) is 11.5 Å². The molecule has 0 spiro atoms. The Morgan fingerprint density at radius 1 is 0.964 bits per heavy atom. The first-order chi connectivity index (χ1) is 13.0. The highest BCUT2D eigenvalue weighted by Crippen LogP contribution is 2.35. The molecule has 7 heteroatoms. The minimum atomic E-state index is -1.27. The van der Waals surface area contributed by atoms with E-state index in [1.165, 1.54) is 6.92 Å². The van der Waals surface area contributed by atoms with Crippen molar-refractivity contribution in [3.63, 3.8) is 0 Å². The van der Waals surface area contributed by atoms with Gasteiger partial charge in [-0.25, -0.2) is 4.79 Å². The largest absolute Gasteiger partial charge is 0.465 e. The standard InChI is InChI=1S/C21H33N3O4/c1-13(2)21(6,14(3)4)19(26)22-12-17(16-10-8-7-9-11-16)24-18(25)15(5)23-20(27)28/h7-11,13-15,17,23H,12H2,1-6H3,(H,22,26)(H,24,25)(H,27,28)/t15-,17-/m1/s1. The lowest BCUT2D eigenvalue weighted by molar-refractivity contribution is -0.136. The van der Waals surface area contributed by atoms with Gasteiger partial charge in [-0.1, -0.05) is 65.0 Å². The van der Waals surface area contributed by atoms with Crippen LogP contribution >= 0.6 is 0 Å². The Bertz CT molecular complexity index is 665. The van der Waals surface area contributed by atoms with Gasteiger partial charge in [0.25, 0.3) is 0 Å². The van der Waals surface area contributed by atoms with Crippen molar-refractivity contribution in [2.45, 2.75) is 53.6 Å². The lowest BCUT2D eigenvalue weighted by Crippen LogP contribution is -2.50. The Morgan fingerprint density at radius 3 is 1.96 bits per heavy atom.